The van der Waals surface area contributed by atoms with E-state index in [1.807, 2.05) is 4.90 Å². The standard InChI is InChI=1S/C19H26FN3O2/c20-16-5-7-17(8-6-16)21-18(24)14-22-9-11-23(12-10-22)19(25)13-15-3-1-2-4-15/h5-8,15H,1-4,9-14H2,(H,21,24). The maximum Gasteiger partial charge on any atom is 0.238 e. The van der Waals surface area contributed by atoms with Crippen LogP contribution in [0.25, 0.3) is 0 Å². The number of benzene rings is 1. The van der Waals surface area contributed by atoms with Gasteiger partial charge in [-0.1, -0.05) is 12.8 Å². The van der Waals surface area contributed by atoms with Gasteiger partial charge in [0.25, 0.3) is 0 Å². The van der Waals surface area contributed by atoms with Crippen LogP contribution in [0.5, 0.6) is 0 Å². The Morgan fingerprint density at radius 3 is 2.32 bits per heavy atom. The molecule has 136 valence electrons. The summed E-state index contributed by atoms with van der Waals surface area (Å²) in [5, 5.41) is 2.77. The van der Waals surface area contributed by atoms with E-state index in [0.29, 0.717) is 50.7 Å². The predicted molar refractivity (Wildman–Crippen MR) is 94.6 cm³/mol. The molecule has 1 aromatic rings. The maximum absolute atomic E-state index is 12.9. The van der Waals surface area contributed by atoms with E-state index in [9.17, 15) is 14.0 Å². The summed E-state index contributed by atoms with van der Waals surface area (Å²) in [6.07, 6.45) is 5.58. The Balaban J connectivity index is 1.38. The molecule has 5 nitrogen and oxygen atoms in total. The van der Waals surface area contributed by atoms with Crippen LogP contribution in [0.15, 0.2) is 24.3 Å². The second-order valence-corrected chi connectivity index (χ2v) is 7.07. The highest BCUT2D eigenvalue weighted by atomic mass is 19.1. The number of piperazine rings is 1. The van der Waals surface area contributed by atoms with Crippen molar-refractivity contribution in [3.8, 4) is 0 Å². The smallest absolute Gasteiger partial charge is 0.238 e. The van der Waals surface area contributed by atoms with Gasteiger partial charge < -0.3 is 10.2 Å². The topological polar surface area (TPSA) is 52.7 Å². The minimum absolute atomic E-state index is 0.114. The quantitative estimate of drug-likeness (QED) is 0.890. The lowest BCUT2D eigenvalue weighted by molar-refractivity contribution is -0.134. The molecule has 1 aromatic carbocycles. The minimum Gasteiger partial charge on any atom is -0.340 e. The highest BCUT2D eigenvalue weighted by molar-refractivity contribution is 5.92. The summed E-state index contributed by atoms with van der Waals surface area (Å²) in [5.41, 5.74) is 0.594. The Hall–Kier alpha value is -1.95. The summed E-state index contributed by atoms with van der Waals surface area (Å²) in [5.74, 6) is 0.406. The van der Waals surface area contributed by atoms with Crippen molar-refractivity contribution in [1.29, 1.82) is 0 Å². The molecule has 0 aromatic heterocycles. The molecule has 0 spiro atoms. The van der Waals surface area contributed by atoms with Crippen LogP contribution in [0.4, 0.5) is 10.1 Å². The molecule has 2 fully saturated rings. The van der Waals surface area contributed by atoms with E-state index in [2.05, 4.69) is 10.2 Å². The molecule has 1 aliphatic heterocycles. The number of hydrogen-bond acceptors (Lipinski definition) is 3. The van der Waals surface area contributed by atoms with E-state index >= 15 is 0 Å². The van der Waals surface area contributed by atoms with Crippen molar-refractivity contribution in [1.82, 2.24) is 9.80 Å². The molecule has 6 heteroatoms. The van der Waals surface area contributed by atoms with Gasteiger partial charge in [-0.25, -0.2) is 4.39 Å². The summed E-state index contributed by atoms with van der Waals surface area (Å²) in [4.78, 5) is 28.4. The first kappa shape index (κ1) is 17.9. The number of nitrogens with zero attached hydrogens (tertiary/aromatic N) is 2. The molecule has 0 radical (unpaired) electrons. The van der Waals surface area contributed by atoms with Crippen molar-refractivity contribution in [2.75, 3.05) is 38.0 Å². The van der Waals surface area contributed by atoms with Crippen LogP contribution >= 0.6 is 0 Å². The van der Waals surface area contributed by atoms with Gasteiger partial charge >= 0.3 is 0 Å². The summed E-state index contributed by atoms with van der Waals surface area (Å²) in [6, 6.07) is 5.74. The summed E-state index contributed by atoms with van der Waals surface area (Å²) in [6.45, 7) is 3.10. The zero-order valence-corrected chi connectivity index (χ0v) is 14.5. The summed E-state index contributed by atoms with van der Waals surface area (Å²) < 4.78 is 12.9. The van der Waals surface area contributed by atoms with Gasteiger partial charge in [0.05, 0.1) is 6.54 Å². The van der Waals surface area contributed by atoms with Crippen molar-refractivity contribution >= 4 is 17.5 Å². The summed E-state index contributed by atoms with van der Waals surface area (Å²) in [7, 11) is 0. The zero-order valence-electron chi connectivity index (χ0n) is 14.5. The first-order chi connectivity index (χ1) is 12.1. The van der Waals surface area contributed by atoms with Gasteiger partial charge in [0.1, 0.15) is 5.82 Å². The Kier molecular flexibility index (Phi) is 6.02. The molecule has 0 bridgehead atoms. The molecular weight excluding hydrogens is 321 g/mol. The fourth-order valence-electron chi connectivity index (χ4n) is 3.68. The van der Waals surface area contributed by atoms with Crippen molar-refractivity contribution in [3.05, 3.63) is 30.1 Å². The third-order valence-corrected chi connectivity index (χ3v) is 5.16. The summed E-state index contributed by atoms with van der Waals surface area (Å²) >= 11 is 0. The van der Waals surface area contributed by atoms with Crippen molar-refractivity contribution in [3.63, 3.8) is 0 Å². The number of rotatable bonds is 5. The lowest BCUT2D eigenvalue weighted by Gasteiger charge is -2.34. The molecule has 1 saturated heterocycles. The second-order valence-electron chi connectivity index (χ2n) is 7.07. The molecule has 25 heavy (non-hydrogen) atoms. The first-order valence-corrected chi connectivity index (χ1v) is 9.16. The van der Waals surface area contributed by atoms with Gasteiger partial charge in [-0.3, -0.25) is 14.5 Å². The maximum atomic E-state index is 12.9. The zero-order chi connectivity index (χ0) is 17.6. The van der Waals surface area contributed by atoms with Crippen LogP contribution in [0.3, 0.4) is 0 Å². The Labute approximate surface area is 148 Å². The number of halogens is 1. The van der Waals surface area contributed by atoms with Crippen LogP contribution in [0.2, 0.25) is 0 Å². The van der Waals surface area contributed by atoms with Crippen LogP contribution in [0.1, 0.15) is 32.1 Å². The van der Waals surface area contributed by atoms with Crippen LogP contribution in [-0.4, -0.2) is 54.3 Å². The van der Waals surface area contributed by atoms with Gasteiger partial charge in [0, 0.05) is 38.3 Å². The number of anilines is 1. The van der Waals surface area contributed by atoms with Gasteiger partial charge in [-0.15, -0.1) is 0 Å². The molecule has 0 unspecified atom stereocenters. The van der Waals surface area contributed by atoms with Crippen LogP contribution < -0.4 is 5.32 Å². The van der Waals surface area contributed by atoms with Gasteiger partial charge in [0.2, 0.25) is 11.8 Å². The van der Waals surface area contributed by atoms with Gasteiger partial charge in [-0.2, -0.15) is 0 Å². The molecule has 1 aliphatic carbocycles. The highest BCUT2D eigenvalue weighted by Gasteiger charge is 2.25. The Morgan fingerprint density at radius 1 is 1.04 bits per heavy atom. The number of hydrogen-bond donors (Lipinski definition) is 1. The third kappa shape index (κ3) is 5.26. The number of amides is 2. The number of carbonyl (C=O) groups is 2. The fourth-order valence-corrected chi connectivity index (χ4v) is 3.68. The third-order valence-electron chi connectivity index (χ3n) is 5.16. The lowest BCUT2D eigenvalue weighted by Crippen LogP contribution is -2.50. The van der Waals surface area contributed by atoms with Crippen LogP contribution in [-0.2, 0) is 9.59 Å². The van der Waals surface area contributed by atoms with Gasteiger partial charge in [0.15, 0.2) is 0 Å². The molecule has 3 rings (SSSR count). The normalized spacial score (nSPS) is 19.2. The van der Waals surface area contributed by atoms with E-state index in [-0.39, 0.29) is 17.6 Å². The number of carbonyl (C=O) groups excluding carboxylic acids is 2. The molecular formula is C19H26FN3O2. The van der Waals surface area contributed by atoms with Crippen molar-refractivity contribution < 1.29 is 14.0 Å². The van der Waals surface area contributed by atoms with E-state index < -0.39 is 0 Å². The largest absolute Gasteiger partial charge is 0.340 e. The fraction of sp³-hybridized carbons (Fsp3) is 0.579. The van der Waals surface area contributed by atoms with E-state index in [1.165, 1.54) is 37.8 Å². The molecule has 1 N–H and O–H groups in total. The van der Waals surface area contributed by atoms with Crippen molar-refractivity contribution in [2.45, 2.75) is 32.1 Å². The number of nitrogens with one attached hydrogen (secondary N) is 1. The average molecular weight is 347 g/mol. The minimum atomic E-state index is -0.323. The molecule has 0 atom stereocenters. The average Bonchev–Trinajstić information content (AvgIpc) is 3.10. The Morgan fingerprint density at radius 2 is 1.68 bits per heavy atom. The van der Waals surface area contributed by atoms with Crippen molar-refractivity contribution in [2.24, 2.45) is 5.92 Å². The SMILES string of the molecule is O=C(CN1CCN(C(=O)CC2CCCC2)CC1)Nc1ccc(F)cc1. The molecule has 1 heterocycles. The highest BCUT2D eigenvalue weighted by Crippen LogP contribution is 2.28. The second kappa shape index (κ2) is 8.43. The van der Waals surface area contributed by atoms with E-state index in [0.717, 1.165) is 0 Å². The predicted octanol–water partition coefficient (Wildman–Crippen LogP) is 2.49. The van der Waals surface area contributed by atoms with E-state index in [1.54, 1.807) is 12.1 Å². The monoisotopic (exact) mass is 347 g/mol. The molecule has 2 amide bonds. The first-order valence-electron chi connectivity index (χ1n) is 9.16. The molecule has 1 saturated carbocycles. The lowest BCUT2D eigenvalue weighted by atomic mass is 10.0. The van der Waals surface area contributed by atoms with Crippen LogP contribution in [0, 0.1) is 11.7 Å². The Bertz CT molecular complexity index is 591. The van der Waals surface area contributed by atoms with E-state index in [4.69, 9.17) is 0 Å². The molecule has 2 aliphatic rings. The van der Waals surface area contributed by atoms with Gasteiger partial charge in [-0.05, 0) is 43.0 Å².